The molecule has 3 saturated heterocycles. The fourth-order valence-corrected chi connectivity index (χ4v) is 12.2. The van der Waals surface area contributed by atoms with Gasteiger partial charge in [-0.1, -0.05) is 182 Å². The van der Waals surface area contributed by atoms with Crippen molar-refractivity contribution in [2.24, 2.45) is 0 Å². The van der Waals surface area contributed by atoms with Crippen LogP contribution in [0.2, 0.25) is 0 Å². The smallest absolute Gasteiger partial charge is 0.407 e. The lowest BCUT2D eigenvalue weighted by atomic mass is 9.83. The molecule has 7 amide bonds. The van der Waals surface area contributed by atoms with Gasteiger partial charge in [0.2, 0.25) is 5.91 Å². The lowest BCUT2D eigenvalue weighted by Gasteiger charge is -2.49. The van der Waals surface area contributed by atoms with Gasteiger partial charge in [0.05, 0.1) is 18.5 Å². The third kappa shape index (κ3) is 24.2. The summed E-state index contributed by atoms with van der Waals surface area (Å²) in [5.74, 6) is -2.19. The van der Waals surface area contributed by atoms with Crippen LogP contribution in [0.15, 0.2) is 182 Å². The normalized spacial score (nSPS) is 27.0. The topological polar surface area (TPSA) is 473 Å². The van der Waals surface area contributed by atoms with E-state index in [1.807, 2.05) is 0 Å². The molecule has 4 fully saturated rings. The summed E-state index contributed by atoms with van der Waals surface area (Å²) in [7, 11) is 0. The van der Waals surface area contributed by atoms with E-state index in [0.717, 1.165) is 0 Å². The number of amides is 7. The van der Waals surface area contributed by atoms with Crippen LogP contribution in [-0.4, -0.2) is 220 Å². The average Bonchev–Trinajstić information content (AvgIpc) is 1.69. The van der Waals surface area contributed by atoms with E-state index < -0.39 is 204 Å². The Kier molecular flexibility index (Phi) is 30.1. The van der Waals surface area contributed by atoms with Gasteiger partial charge in [0.25, 0.3) is 0 Å². The van der Waals surface area contributed by atoms with Gasteiger partial charge in [0.15, 0.2) is 18.9 Å². The predicted octanol–water partition coefficient (Wildman–Crippen LogP) is 2.90. The molecule has 3 aliphatic heterocycles. The third-order valence-electron chi connectivity index (χ3n) is 18.0. The zero-order valence-corrected chi connectivity index (χ0v) is 58.6. The third-order valence-corrected chi connectivity index (χ3v) is 18.0. The Bertz CT molecular complexity index is 3870. The first-order valence-electron chi connectivity index (χ1n) is 35.0. The molecule has 1 aliphatic carbocycles. The van der Waals surface area contributed by atoms with Gasteiger partial charge in [-0.15, -0.1) is 0 Å². The molecule has 0 bridgehead atoms. The number of benzene rings is 6. The Labute approximate surface area is 624 Å². The molecular weight excluding hydrogens is 1430 g/mol. The highest BCUT2D eigenvalue weighted by atomic mass is 16.8. The standard InChI is InChI=1S/C75H87N7O27/c83-54(31-32-55(84)85)76-36-53-65(108-68-57(82-75(97)103-42-48-29-17-6-18-30-48)62(90)60(88)52(105-68)35-78-71(93)99-38-44-21-9-2-10-22-44)63(91)69(106-53)109-66-58(86)49(79-72(94)100-39-45-23-11-3-12-24-45)33-50(80-73(95)101-40-46-25-13-4-14-26-46)64(66)107-67-56(81-74(96)102-41-47-27-15-5-16-28-47)61(89)59(87)51(104-67)34-77-70(92)98-37-43-19-7-1-8-20-43/h1-30,49-53,56-69,86-91H,31-42H2,(H,76,83)(H,77,92)(H,78,93)(H,79,94)(H,80,95)(H,81,96)(H,82,97)(H,84,85)/t49-,50+,51-,52+,53-,56-,57-,58+,59-,60-,61-,62-,63-,64-,65-,66-,67-,68-,69+/m1/s1. The molecule has 14 N–H and O–H groups in total. The maximum atomic E-state index is 14.4. The average molecular weight is 1520 g/mol. The number of hydrogen-bond donors (Lipinski definition) is 14. The van der Waals surface area contributed by atoms with Crippen LogP contribution >= 0.6 is 0 Å². The van der Waals surface area contributed by atoms with E-state index in [4.69, 9.17) is 56.8 Å². The second-order valence-electron chi connectivity index (χ2n) is 25.8. The number of carbonyl (C=O) groups excluding carboxylic acids is 7. The Morgan fingerprint density at radius 3 is 1.00 bits per heavy atom. The number of carboxylic acid groups (broad SMARTS) is 1. The van der Waals surface area contributed by atoms with Crippen molar-refractivity contribution in [3.8, 4) is 0 Å². The molecule has 6 aromatic carbocycles. The number of aliphatic hydroxyl groups is 6. The van der Waals surface area contributed by atoms with Crippen LogP contribution in [0.1, 0.15) is 52.6 Å². The molecule has 34 heteroatoms. The number of aliphatic hydroxyl groups excluding tert-OH is 6. The van der Waals surface area contributed by atoms with Crippen molar-refractivity contribution >= 4 is 48.4 Å². The van der Waals surface area contributed by atoms with Crippen LogP contribution < -0.4 is 37.2 Å². The van der Waals surface area contributed by atoms with Crippen LogP contribution in [0.3, 0.4) is 0 Å². The van der Waals surface area contributed by atoms with Gasteiger partial charge in [0, 0.05) is 26.1 Å². The van der Waals surface area contributed by atoms with E-state index in [1.165, 1.54) is 0 Å². The summed E-state index contributed by atoms with van der Waals surface area (Å²) in [4.78, 5) is 107. The van der Waals surface area contributed by atoms with Gasteiger partial charge in [-0.2, -0.15) is 0 Å². The number of carboxylic acids is 1. The molecule has 10 rings (SSSR count). The van der Waals surface area contributed by atoms with Crippen molar-refractivity contribution in [2.45, 2.75) is 175 Å². The monoisotopic (exact) mass is 1520 g/mol. The lowest BCUT2D eigenvalue weighted by molar-refractivity contribution is -0.310. The first kappa shape index (κ1) is 80.9. The minimum absolute atomic E-state index is 0.177. The molecule has 0 spiro atoms. The van der Waals surface area contributed by atoms with Gasteiger partial charge < -0.3 is 130 Å². The number of alkyl carbamates (subject to hydrolysis) is 6. The van der Waals surface area contributed by atoms with E-state index in [1.54, 1.807) is 182 Å². The van der Waals surface area contributed by atoms with Crippen molar-refractivity contribution in [3.05, 3.63) is 215 Å². The van der Waals surface area contributed by atoms with Gasteiger partial charge in [-0.3, -0.25) is 9.59 Å². The first-order chi connectivity index (χ1) is 52.7. The van der Waals surface area contributed by atoms with Crippen molar-refractivity contribution < 1.29 is 131 Å². The second-order valence-corrected chi connectivity index (χ2v) is 25.8. The Morgan fingerprint density at radius 2 is 0.633 bits per heavy atom. The fraction of sp³-hybridized carbons (Fsp3) is 0.413. The molecule has 4 aliphatic rings. The molecule has 3 heterocycles. The Balaban J connectivity index is 1.00. The minimum atomic E-state index is -2.21. The van der Waals surface area contributed by atoms with E-state index >= 15 is 0 Å². The van der Waals surface area contributed by atoms with Gasteiger partial charge in [-0.05, 0) is 39.8 Å². The lowest BCUT2D eigenvalue weighted by Crippen LogP contribution is -2.70. The second kappa shape index (κ2) is 40.6. The predicted molar refractivity (Wildman–Crippen MR) is 375 cm³/mol. The molecule has 109 heavy (non-hydrogen) atoms. The number of hydrogen-bond acceptors (Lipinski definition) is 26. The zero-order valence-electron chi connectivity index (χ0n) is 58.6. The molecule has 34 nitrogen and oxygen atoms in total. The summed E-state index contributed by atoms with van der Waals surface area (Å²) >= 11 is 0. The van der Waals surface area contributed by atoms with Crippen LogP contribution in [0.5, 0.6) is 0 Å². The van der Waals surface area contributed by atoms with E-state index in [0.29, 0.717) is 33.4 Å². The van der Waals surface area contributed by atoms with Crippen molar-refractivity contribution in [3.63, 3.8) is 0 Å². The Hall–Kier alpha value is -10.6. The molecule has 6 aromatic rings. The van der Waals surface area contributed by atoms with Crippen LogP contribution in [0.25, 0.3) is 0 Å². The molecular formula is C75H87N7O27. The summed E-state index contributed by atoms with van der Waals surface area (Å²) in [5.41, 5.74) is 3.41. The summed E-state index contributed by atoms with van der Waals surface area (Å²) < 4.78 is 72.1. The number of rotatable bonds is 31. The first-order valence-corrected chi connectivity index (χ1v) is 35.0. The van der Waals surface area contributed by atoms with Crippen LogP contribution in [0.4, 0.5) is 28.8 Å². The number of carbonyl (C=O) groups is 8. The summed E-state index contributed by atoms with van der Waals surface area (Å²) in [5, 5.41) is 101. The number of nitrogens with one attached hydrogen (secondary N) is 7. The SMILES string of the molecule is O=C(O)CCC(=O)NC[C@H]1O[C@@H](O[C@@H]2[C@@H](O)[C@H](NC(=O)OCc3ccccc3)C[C@H](NC(=O)OCc3ccccc3)[C@H]2O[C@H]2O[C@H](CNC(=O)OCc3ccccc3)[C@@H](O)[C@H](O)[C@H]2NC(=O)OCc2ccccc2)[C@H](O)[C@@H]1O[C@H]1O[C@@H](CNC(=O)OCc2ccccc2)[C@@H](O)[C@H](O)[C@H]1NC(=O)OCc1ccccc1. The van der Waals surface area contributed by atoms with Gasteiger partial charge in [0.1, 0.15) is 125 Å². The molecule has 0 unspecified atom stereocenters. The van der Waals surface area contributed by atoms with Crippen molar-refractivity contribution in [2.75, 3.05) is 19.6 Å². The van der Waals surface area contributed by atoms with Gasteiger partial charge >= 0.3 is 42.5 Å². The van der Waals surface area contributed by atoms with Crippen LogP contribution in [0, 0.1) is 0 Å². The zero-order chi connectivity index (χ0) is 77.2. The number of ether oxygens (including phenoxy) is 12. The quantitative estimate of drug-likeness (QED) is 0.0278. The highest BCUT2D eigenvalue weighted by Gasteiger charge is 2.57. The highest BCUT2D eigenvalue weighted by Crippen LogP contribution is 2.37. The maximum absolute atomic E-state index is 14.4. The summed E-state index contributed by atoms with van der Waals surface area (Å²) in [6.45, 7) is -3.46. The highest BCUT2D eigenvalue weighted by molar-refractivity contribution is 5.80. The summed E-state index contributed by atoms with van der Waals surface area (Å²) in [6.07, 6.45) is -37.8. The van der Waals surface area contributed by atoms with Crippen molar-refractivity contribution in [1.82, 2.24) is 37.2 Å². The largest absolute Gasteiger partial charge is 0.481 e. The van der Waals surface area contributed by atoms with E-state index in [2.05, 4.69) is 37.2 Å². The summed E-state index contributed by atoms with van der Waals surface area (Å²) in [6, 6.07) is 44.1. The maximum Gasteiger partial charge on any atom is 0.407 e. The molecule has 0 aromatic heterocycles. The van der Waals surface area contributed by atoms with Crippen molar-refractivity contribution in [1.29, 1.82) is 0 Å². The van der Waals surface area contributed by atoms with Crippen LogP contribution in [-0.2, 0) is 106 Å². The molecule has 19 atom stereocenters. The fourth-order valence-electron chi connectivity index (χ4n) is 12.2. The van der Waals surface area contributed by atoms with Gasteiger partial charge in [-0.25, -0.2) is 28.8 Å². The molecule has 0 radical (unpaired) electrons. The number of aliphatic carboxylic acids is 1. The molecule has 1 saturated carbocycles. The van der Waals surface area contributed by atoms with E-state index in [-0.39, 0.29) is 39.6 Å². The van der Waals surface area contributed by atoms with E-state index in [9.17, 15) is 74.1 Å². The minimum Gasteiger partial charge on any atom is -0.481 e. The molecule has 584 valence electrons. The Morgan fingerprint density at radius 1 is 0.321 bits per heavy atom.